The monoisotopic (exact) mass is 315 g/mol. The van der Waals surface area contributed by atoms with E-state index in [2.05, 4.69) is 0 Å². The van der Waals surface area contributed by atoms with Gasteiger partial charge in [0.1, 0.15) is 17.6 Å². The maximum absolute atomic E-state index is 12.8. The van der Waals surface area contributed by atoms with E-state index in [0.717, 1.165) is 11.8 Å². The molecule has 1 aromatic carbocycles. The first kappa shape index (κ1) is 15.6. The van der Waals surface area contributed by atoms with Crippen molar-refractivity contribution in [3.05, 3.63) is 59.0 Å². The van der Waals surface area contributed by atoms with Crippen molar-refractivity contribution in [3.63, 3.8) is 0 Å². The van der Waals surface area contributed by atoms with Gasteiger partial charge in [-0.15, -0.1) is 12.4 Å². The number of nitrogens with one attached hydrogen (secondary N) is 1. The highest BCUT2D eigenvalue weighted by molar-refractivity contribution is 6.02. The number of hydrogen-bond acceptors (Lipinski definition) is 2. The number of benzene rings is 1. The number of rotatable bonds is 1. The van der Waals surface area contributed by atoms with Crippen LogP contribution in [-0.4, -0.2) is 5.71 Å². The van der Waals surface area contributed by atoms with E-state index in [4.69, 9.17) is 9.83 Å². The minimum atomic E-state index is -4.47. The SMILES string of the molecule is Cl.N=C1CC(c2ccccc2)Cc2occ(C(F)(F)F)c21. The summed E-state index contributed by atoms with van der Waals surface area (Å²) in [7, 11) is 0. The molecule has 0 aliphatic heterocycles. The first-order chi connectivity index (χ1) is 9.47. The van der Waals surface area contributed by atoms with E-state index in [1.807, 2.05) is 30.3 Å². The van der Waals surface area contributed by atoms with E-state index >= 15 is 0 Å². The fourth-order valence-electron chi connectivity index (χ4n) is 2.69. The second kappa shape index (κ2) is 5.56. The topological polar surface area (TPSA) is 37.0 Å². The van der Waals surface area contributed by atoms with Crippen molar-refractivity contribution in [1.82, 2.24) is 0 Å². The van der Waals surface area contributed by atoms with Crippen molar-refractivity contribution in [2.24, 2.45) is 0 Å². The zero-order chi connectivity index (χ0) is 14.3. The minimum absolute atomic E-state index is 0. The molecule has 0 spiro atoms. The van der Waals surface area contributed by atoms with Gasteiger partial charge in [0.25, 0.3) is 0 Å². The first-order valence-electron chi connectivity index (χ1n) is 6.27. The van der Waals surface area contributed by atoms with E-state index in [-0.39, 0.29) is 35.4 Å². The van der Waals surface area contributed by atoms with Crippen molar-refractivity contribution in [3.8, 4) is 0 Å². The van der Waals surface area contributed by atoms with Gasteiger partial charge in [0, 0.05) is 17.7 Å². The molecule has 1 unspecified atom stereocenters. The molecule has 21 heavy (non-hydrogen) atoms. The Morgan fingerprint density at radius 1 is 1.10 bits per heavy atom. The molecule has 112 valence electrons. The smallest absolute Gasteiger partial charge is 0.420 e. The molecule has 2 aromatic rings. The van der Waals surface area contributed by atoms with Crippen LogP contribution in [0.5, 0.6) is 0 Å². The quantitative estimate of drug-likeness (QED) is 0.805. The lowest BCUT2D eigenvalue weighted by atomic mass is 9.81. The molecular formula is C15H13ClF3NO. The van der Waals surface area contributed by atoms with E-state index in [0.29, 0.717) is 12.8 Å². The highest BCUT2D eigenvalue weighted by Gasteiger charge is 2.40. The lowest BCUT2D eigenvalue weighted by Crippen LogP contribution is -2.20. The Hall–Kier alpha value is -1.75. The summed E-state index contributed by atoms with van der Waals surface area (Å²) in [4.78, 5) is 0. The predicted octanol–water partition coefficient (Wildman–Crippen LogP) is 4.82. The molecule has 0 fully saturated rings. The van der Waals surface area contributed by atoms with Crippen LogP contribution in [0.4, 0.5) is 13.2 Å². The van der Waals surface area contributed by atoms with Gasteiger partial charge in [0.05, 0.1) is 0 Å². The molecule has 6 heteroatoms. The zero-order valence-electron chi connectivity index (χ0n) is 10.9. The van der Waals surface area contributed by atoms with Crippen LogP contribution >= 0.6 is 12.4 Å². The Labute approximate surface area is 125 Å². The average molecular weight is 316 g/mol. The van der Waals surface area contributed by atoms with E-state index in [1.165, 1.54) is 0 Å². The standard InChI is InChI=1S/C15H12F3NO.ClH/c16-15(17,18)11-8-20-13-7-10(6-12(19)14(11)13)9-4-2-1-3-5-9;/h1-5,8,10,19H,6-7H2;1H. The molecule has 0 bridgehead atoms. The Kier molecular flexibility index (Phi) is 4.14. The summed E-state index contributed by atoms with van der Waals surface area (Å²) in [5.74, 6) is 0.269. The lowest BCUT2D eigenvalue weighted by Gasteiger charge is -2.23. The summed E-state index contributed by atoms with van der Waals surface area (Å²) in [5, 5.41) is 7.93. The molecule has 0 saturated heterocycles. The van der Waals surface area contributed by atoms with Crippen LogP contribution in [0.15, 0.2) is 41.0 Å². The third-order valence-electron chi connectivity index (χ3n) is 3.63. The zero-order valence-corrected chi connectivity index (χ0v) is 11.7. The number of alkyl halides is 3. The normalized spacial score (nSPS) is 18.0. The van der Waals surface area contributed by atoms with Crippen molar-refractivity contribution in [2.45, 2.75) is 24.9 Å². The summed E-state index contributed by atoms with van der Waals surface area (Å²) in [6.45, 7) is 0. The fraction of sp³-hybridized carbons (Fsp3) is 0.267. The summed E-state index contributed by atoms with van der Waals surface area (Å²) < 4.78 is 43.6. The molecule has 1 aliphatic rings. The third kappa shape index (κ3) is 2.83. The van der Waals surface area contributed by atoms with Gasteiger partial charge < -0.3 is 9.83 Å². The van der Waals surface area contributed by atoms with Crippen molar-refractivity contribution in [1.29, 1.82) is 5.41 Å². The maximum atomic E-state index is 12.8. The highest BCUT2D eigenvalue weighted by Crippen LogP contribution is 2.40. The Bertz CT molecular complexity index is 649. The molecule has 2 nitrogen and oxygen atoms in total. The van der Waals surface area contributed by atoms with Crippen molar-refractivity contribution < 1.29 is 17.6 Å². The summed E-state index contributed by atoms with van der Waals surface area (Å²) in [6, 6.07) is 9.51. The Morgan fingerprint density at radius 2 is 1.76 bits per heavy atom. The summed E-state index contributed by atoms with van der Waals surface area (Å²) in [6.07, 6.45) is -3.03. The predicted molar refractivity (Wildman–Crippen MR) is 75.3 cm³/mol. The van der Waals surface area contributed by atoms with Gasteiger partial charge in [-0.3, -0.25) is 0 Å². The fourth-order valence-corrected chi connectivity index (χ4v) is 2.69. The van der Waals surface area contributed by atoms with Crippen LogP contribution in [0.2, 0.25) is 0 Å². The molecule has 0 amide bonds. The number of furan rings is 1. The molecule has 0 saturated carbocycles. The van der Waals surface area contributed by atoms with Gasteiger partial charge in [0.2, 0.25) is 0 Å². The Balaban J connectivity index is 0.00000161. The van der Waals surface area contributed by atoms with Crippen LogP contribution in [0.1, 0.15) is 34.8 Å². The molecule has 0 radical (unpaired) electrons. The van der Waals surface area contributed by atoms with Crippen LogP contribution in [0.25, 0.3) is 0 Å². The molecule has 3 rings (SSSR count). The first-order valence-corrected chi connectivity index (χ1v) is 6.27. The molecule has 1 aromatic heterocycles. The molecule has 1 N–H and O–H groups in total. The summed E-state index contributed by atoms with van der Waals surface area (Å²) >= 11 is 0. The van der Waals surface area contributed by atoms with E-state index in [9.17, 15) is 13.2 Å². The minimum Gasteiger partial charge on any atom is -0.468 e. The van der Waals surface area contributed by atoms with Gasteiger partial charge in [-0.1, -0.05) is 30.3 Å². The van der Waals surface area contributed by atoms with Gasteiger partial charge in [0.15, 0.2) is 0 Å². The third-order valence-corrected chi connectivity index (χ3v) is 3.63. The van der Waals surface area contributed by atoms with Crippen LogP contribution in [0.3, 0.4) is 0 Å². The second-order valence-electron chi connectivity index (χ2n) is 4.94. The molecule has 1 aliphatic carbocycles. The van der Waals surface area contributed by atoms with Crippen LogP contribution in [0, 0.1) is 5.41 Å². The number of halogens is 4. The summed E-state index contributed by atoms with van der Waals surface area (Å²) in [5.41, 5.74) is 0.128. The van der Waals surface area contributed by atoms with Crippen LogP contribution < -0.4 is 0 Å². The average Bonchev–Trinajstić information content (AvgIpc) is 2.84. The largest absolute Gasteiger partial charge is 0.468 e. The van der Waals surface area contributed by atoms with Gasteiger partial charge in [-0.2, -0.15) is 13.2 Å². The Morgan fingerprint density at radius 3 is 2.38 bits per heavy atom. The number of fused-ring (bicyclic) bond motifs is 1. The van der Waals surface area contributed by atoms with Gasteiger partial charge >= 0.3 is 6.18 Å². The maximum Gasteiger partial charge on any atom is 0.420 e. The van der Waals surface area contributed by atoms with Crippen molar-refractivity contribution >= 4 is 18.1 Å². The van der Waals surface area contributed by atoms with E-state index in [1.54, 1.807) is 0 Å². The highest BCUT2D eigenvalue weighted by atomic mass is 35.5. The van der Waals surface area contributed by atoms with Crippen molar-refractivity contribution in [2.75, 3.05) is 0 Å². The van der Waals surface area contributed by atoms with Gasteiger partial charge in [-0.25, -0.2) is 0 Å². The number of hydrogen-bond donors (Lipinski definition) is 1. The second-order valence-corrected chi connectivity index (χ2v) is 4.94. The molecular weight excluding hydrogens is 303 g/mol. The molecule has 1 heterocycles. The lowest BCUT2D eigenvalue weighted by molar-refractivity contribution is -0.138. The van der Waals surface area contributed by atoms with E-state index < -0.39 is 11.7 Å². The molecule has 1 atom stereocenters. The van der Waals surface area contributed by atoms with Gasteiger partial charge in [-0.05, 0) is 17.9 Å². The van der Waals surface area contributed by atoms with Crippen LogP contribution in [-0.2, 0) is 12.6 Å².